The lowest BCUT2D eigenvalue weighted by Gasteiger charge is -2.20. The van der Waals surface area contributed by atoms with Gasteiger partial charge in [0.15, 0.2) is 0 Å². The molecule has 106 valence electrons. The largest absolute Gasteiger partial charge is 0.309 e. The predicted molar refractivity (Wildman–Crippen MR) is 74.0 cm³/mol. The molecule has 1 heterocycles. The molecular formula is C13H26N2O2S. The van der Waals surface area contributed by atoms with Gasteiger partial charge in [-0.2, -0.15) is 0 Å². The Bertz CT molecular complexity index is 361. The molecule has 4 nitrogen and oxygen atoms in total. The highest BCUT2D eigenvalue weighted by atomic mass is 32.2. The van der Waals surface area contributed by atoms with Crippen LogP contribution in [0.2, 0.25) is 0 Å². The molecule has 0 bridgehead atoms. The smallest absolute Gasteiger partial charge is 0.214 e. The molecule has 2 rings (SSSR count). The van der Waals surface area contributed by atoms with Crippen LogP contribution in [0.3, 0.4) is 0 Å². The lowest BCUT2D eigenvalue weighted by molar-refractivity contribution is 0.329. The predicted octanol–water partition coefficient (Wildman–Crippen LogP) is 1.39. The molecule has 0 aromatic heterocycles. The van der Waals surface area contributed by atoms with Crippen LogP contribution < -0.4 is 0 Å². The van der Waals surface area contributed by atoms with Crippen molar-refractivity contribution in [3.05, 3.63) is 0 Å². The van der Waals surface area contributed by atoms with E-state index in [2.05, 4.69) is 19.0 Å². The van der Waals surface area contributed by atoms with Gasteiger partial charge in [-0.15, -0.1) is 0 Å². The average molecular weight is 274 g/mol. The van der Waals surface area contributed by atoms with Crippen molar-refractivity contribution in [2.75, 3.05) is 39.5 Å². The van der Waals surface area contributed by atoms with Gasteiger partial charge in [0.2, 0.25) is 10.0 Å². The van der Waals surface area contributed by atoms with E-state index in [0.717, 1.165) is 38.9 Å². The minimum atomic E-state index is -3.00. The fraction of sp³-hybridized carbons (Fsp3) is 1.00. The quantitative estimate of drug-likeness (QED) is 0.761. The van der Waals surface area contributed by atoms with Crippen molar-refractivity contribution in [3.63, 3.8) is 0 Å². The summed E-state index contributed by atoms with van der Waals surface area (Å²) in [4.78, 5) is 2.15. The van der Waals surface area contributed by atoms with Crippen LogP contribution in [0.15, 0.2) is 0 Å². The summed E-state index contributed by atoms with van der Waals surface area (Å²) < 4.78 is 26.4. The summed E-state index contributed by atoms with van der Waals surface area (Å²) in [5.74, 6) is 1.32. The summed E-state index contributed by atoms with van der Waals surface area (Å²) in [5, 5.41) is 0. The lowest BCUT2D eigenvalue weighted by Crippen LogP contribution is -2.34. The Labute approximate surface area is 111 Å². The van der Waals surface area contributed by atoms with Crippen LogP contribution in [0, 0.1) is 11.8 Å². The van der Waals surface area contributed by atoms with Crippen LogP contribution in [0.1, 0.15) is 32.1 Å². The fourth-order valence-corrected chi connectivity index (χ4v) is 5.26. The Balaban J connectivity index is 1.87. The molecule has 0 spiro atoms. The molecule has 2 aliphatic rings. The third-order valence-corrected chi connectivity index (χ3v) is 6.20. The molecule has 0 radical (unpaired) electrons. The highest BCUT2D eigenvalue weighted by Gasteiger charge is 2.33. The number of hydrogen-bond acceptors (Lipinski definition) is 3. The van der Waals surface area contributed by atoms with E-state index in [-0.39, 0.29) is 0 Å². The molecule has 1 saturated carbocycles. The average Bonchev–Trinajstić information content (AvgIpc) is 2.87. The Morgan fingerprint density at radius 2 is 1.78 bits per heavy atom. The van der Waals surface area contributed by atoms with Crippen molar-refractivity contribution in [2.24, 2.45) is 11.8 Å². The van der Waals surface area contributed by atoms with E-state index >= 15 is 0 Å². The second kappa shape index (κ2) is 5.88. The first-order chi connectivity index (χ1) is 8.47. The standard InChI is InChI=1S/C13H26N2O2S/c1-14(2)9-13-7-8-15(10-13)18(16,17)11-12-5-3-4-6-12/h12-13H,3-11H2,1-2H3. The maximum atomic E-state index is 12.3. The molecule has 1 atom stereocenters. The highest BCUT2D eigenvalue weighted by Crippen LogP contribution is 2.28. The molecule has 18 heavy (non-hydrogen) atoms. The third kappa shape index (κ3) is 3.68. The summed E-state index contributed by atoms with van der Waals surface area (Å²) in [6.45, 7) is 2.45. The zero-order valence-electron chi connectivity index (χ0n) is 11.6. The fourth-order valence-electron chi connectivity index (χ4n) is 3.30. The normalized spacial score (nSPS) is 27.4. The van der Waals surface area contributed by atoms with E-state index < -0.39 is 10.0 Å². The van der Waals surface area contributed by atoms with E-state index in [1.54, 1.807) is 4.31 Å². The van der Waals surface area contributed by atoms with Crippen LogP contribution in [0.5, 0.6) is 0 Å². The van der Waals surface area contributed by atoms with Crippen LogP contribution in [0.4, 0.5) is 0 Å². The van der Waals surface area contributed by atoms with E-state index in [9.17, 15) is 8.42 Å². The van der Waals surface area contributed by atoms with Gasteiger partial charge in [-0.25, -0.2) is 12.7 Å². The molecule has 2 fully saturated rings. The number of nitrogens with zero attached hydrogens (tertiary/aromatic N) is 2. The molecule has 5 heteroatoms. The van der Waals surface area contributed by atoms with Gasteiger partial charge in [-0.05, 0) is 45.2 Å². The van der Waals surface area contributed by atoms with Crippen molar-refractivity contribution in [1.82, 2.24) is 9.21 Å². The van der Waals surface area contributed by atoms with E-state index in [4.69, 9.17) is 0 Å². The van der Waals surface area contributed by atoms with Gasteiger partial charge < -0.3 is 4.90 Å². The molecule has 0 aromatic rings. The van der Waals surface area contributed by atoms with Gasteiger partial charge in [0.1, 0.15) is 0 Å². The molecule has 0 aromatic carbocycles. The number of sulfonamides is 1. The molecule has 1 aliphatic carbocycles. The van der Waals surface area contributed by atoms with Crippen molar-refractivity contribution < 1.29 is 8.42 Å². The maximum Gasteiger partial charge on any atom is 0.214 e. The molecule has 0 N–H and O–H groups in total. The van der Waals surface area contributed by atoms with Crippen LogP contribution >= 0.6 is 0 Å². The van der Waals surface area contributed by atoms with Gasteiger partial charge in [0.25, 0.3) is 0 Å². The van der Waals surface area contributed by atoms with Gasteiger partial charge >= 0.3 is 0 Å². The van der Waals surface area contributed by atoms with Crippen molar-refractivity contribution in [3.8, 4) is 0 Å². The highest BCUT2D eigenvalue weighted by molar-refractivity contribution is 7.89. The van der Waals surface area contributed by atoms with Gasteiger partial charge in [-0.3, -0.25) is 0 Å². The first kappa shape index (κ1) is 14.3. The minimum absolute atomic E-state index is 0.391. The molecule has 1 saturated heterocycles. The molecule has 0 amide bonds. The summed E-state index contributed by atoms with van der Waals surface area (Å²) in [5.41, 5.74) is 0. The zero-order chi connectivity index (χ0) is 13.2. The Morgan fingerprint density at radius 3 is 2.39 bits per heavy atom. The van der Waals surface area contributed by atoms with Gasteiger partial charge in [-0.1, -0.05) is 12.8 Å². The van der Waals surface area contributed by atoms with Crippen molar-refractivity contribution in [1.29, 1.82) is 0 Å². The Morgan fingerprint density at radius 1 is 1.11 bits per heavy atom. The number of rotatable bonds is 5. The van der Waals surface area contributed by atoms with Crippen molar-refractivity contribution in [2.45, 2.75) is 32.1 Å². The zero-order valence-corrected chi connectivity index (χ0v) is 12.5. The van der Waals surface area contributed by atoms with Gasteiger partial charge in [0, 0.05) is 19.6 Å². The van der Waals surface area contributed by atoms with Gasteiger partial charge in [0.05, 0.1) is 5.75 Å². The molecular weight excluding hydrogens is 248 g/mol. The maximum absolute atomic E-state index is 12.3. The molecule has 1 aliphatic heterocycles. The lowest BCUT2D eigenvalue weighted by atomic mass is 10.1. The SMILES string of the molecule is CN(C)CC1CCN(S(=O)(=O)CC2CCCC2)C1. The molecule has 1 unspecified atom stereocenters. The topological polar surface area (TPSA) is 40.6 Å². The Kier molecular flexibility index (Phi) is 4.67. The number of hydrogen-bond donors (Lipinski definition) is 0. The first-order valence-corrected chi connectivity index (χ1v) is 8.71. The summed E-state index contributed by atoms with van der Waals surface area (Å²) >= 11 is 0. The third-order valence-electron chi connectivity index (χ3n) is 4.19. The van der Waals surface area contributed by atoms with E-state index in [0.29, 0.717) is 17.6 Å². The van der Waals surface area contributed by atoms with Crippen LogP contribution in [0.25, 0.3) is 0 Å². The van der Waals surface area contributed by atoms with Crippen molar-refractivity contribution >= 4 is 10.0 Å². The second-order valence-electron chi connectivity index (χ2n) is 6.20. The second-order valence-corrected chi connectivity index (χ2v) is 8.22. The van der Waals surface area contributed by atoms with E-state index in [1.165, 1.54) is 12.8 Å². The minimum Gasteiger partial charge on any atom is -0.309 e. The van der Waals surface area contributed by atoms with E-state index in [1.807, 2.05) is 0 Å². The first-order valence-electron chi connectivity index (χ1n) is 7.10. The van der Waals surface area contributed by atoms with Crippen LogP contribution in [-0.4, -0.2) is 57.1 Å². The summed E-state index contributed by atoms with van der Waals surface area (Å²) in [6, 6.07) is 0. The Hall–Kier alpha value is -0.130. The summed E-state index contributed by atoms with van der Waals surface area (Å²) in [7, 11) is 1.11. The summed E-state index contributed by atoms with van der Waals surface area (Å²) in [6.07, 6.45) is 5.65. The van der Waals surface area contributed by atoms with Crippen LogP contribution in [-0.2, 0) is 10.0 Å². The monoisotopic (exact) mass is 274 g/mol.